The highest BCUT2D eigenvalue weighted by molar-refractivity contribution is 5.97. The van der Waals surface area contributed by atoms with Crippen molar-refractivity contribution in [3.05, 3.63) is 41.6 Å². The van der Waals surface area contributed by atoms with Crippen molar-refractivity contribution in [2.75, 3.05) is 6.54 Å². The van der Waals surface area contributed by atoms with Gasteiger partial charge in [-0.3, -0.25) is 9.59 Å². The number of rotatable bonds is 3. The summed E-state index contributed by atoms with van der Waals surface area (Å²) in [6.07, 6.45) is 4.38. The van der Waals surface area contributed by atoms with Gasteiger partial charge in [0.2, 0.25) is 5.91 Å². The monoisotopic (exact) mass is 389 g/mol. The van der Waals surface area contributed by atoms with Crippen LogP contribution >= 0.6 is 0 Å². The van der Waals surface area contributed by atoms with Gasteiger partial charge in [-0.15, -0.1) is 0 Å². The third-order valence-electron chi connectivity index (χ3n) is 5.73. The molecule has 6 nitrogen and oxygen atoms in total. The van der Waals surface area contributed by atoms with E-state index < -0.39 is 23.6 Å². The number of nitrogens with one attached hydrogen (secondary N) is 1. The number of carbonyl (C=O) groups is 2. The van der Waals surface area contributed by atoms with Crippen LogP contribution in [0.25, 0.3) is 11.3 Å². The highest BCUT2D eigenvalue weighted by atomic mass is 19.2. The van der Waals surface area contributed by atoms with Crippen LogP contribution in [0.2, 0.25) is 0 Å². The van der Waals surface area contributed by atoms with Crippen molar-refractivity contribution < 1.29 is 22.9 Å². The molecule has 2 atom stereocenters. The molecule has 1 aliphatic carbocycles. The van der Waals surface area contributed by atoms with Crippen molar-refractivity contribution in [2.24, 2.45) is 5.92 Å². The van der Waals surface area contributed by atoms with Crippen molar-refractivity contribution in [1.82, 2.24) is 15.4 Å². The van der Waals surface area contributed by atoms with Gasteiger partial charge >= 0.3 is 0 Å². The fourth-order valence-electron chi connectivity index (χ4n) is 4.05. The standard InChI is InChI=1S/C20H21F2N3O3/c1-11-19(26)23-17(12-4-2-3-5-12)10-25(11)20(27)16-9-18(28-24-16)13-6-7-14(21)15(22)8-13/h6-9,11-12,17H,2-5,10H2,1H3,(H,23,26). The Morgan fingerprint density at radius 1 is 1.21 bits per heavy atom. The summed E-state index contributed by atoms with van der Waals surface area (Å²) in [4.78, 5) is 26.9. The van der Waals surface area contributed by atoms with Crippen LogP contribution in [0.5, 0.6) is 0 Å². The molecule has 2 fully saturated rings. The molecular formula is C20H21F2N3O3. The third-order valence-corrected chi connectivity index (χ3v) is 5.73. The van der Waals surface area contributed by atoms with Crippen LogP contribution in [0.3, 0.4) is 0 Å². The van der Waals surface area contributed by atoms with E-state index >= 15 is 0 Å². The zero-order valence-corrected chi connectivity index (χ0v) is 15.5. The van der Waals surface area contributed by atoms with Crippen molar-refractivity contribution in [2.45, 2.75) is 44.7 Å². The maximum Gasteiger partial charge on any atom is 0.276 e. The van der Waals surface area contributed by atoms with Crippen LogP contribution in [-0.4, -0.2) is 40.5 Å². The number of amides is 2. The van der Waals surface area contributed by atoms with E-state index in [0.29, 0.717) is 12.5 Å². The van der Waals surface area contributed by atoms with Gasteiger partial charge in [0, 0.05) is 24.2 Å². The number of piperazine rings is 1. The second-order valence-electron chi connectivity index (χ2n) is 7.50. The lowest BCUT2D eigenvalue weighted by molar-refractivity contribution is -0.129. The maximum absolute atomic E-state index is 13.4. The van der Waals surface area contributed by atoms with Crippen molar-refractivity contribution in [1.29, 1.82) is 0 Å². The molecule has 1 N–H and O–H groups in total. The molecule has 0 bridgehead atoms. The van der Waals surface area contributed by atoms with E-state index in [4.69, 9.17) is 4.52 Å². The molecule has 1 saturated carbocycles. The SMILES string of the molecule is CC1C(=O)NC(C2CCCC2)CN1C(=O)c1cc(-c2ccc(F)c(F)c2)on1. The summed E-state index contributed by atoms with van der Waals surface area (Å²) in [5, 5.41) is 6.82. The van der Waals surface area contributed by atoms with Gasteiger partial charge in [0.1, 0.15) is 6.04 Å². The molecule has 0 radical (unpaired) electrons. The lowest BCUT2D eigenvalue weighted by atomic mass is 9.94. The predicted molar refractivity (Wildman–Crippen MR) is 96.2 cm³/mol. The summed E-state index contributed by atoms with van der Waals surface area (Å²) in [7, 11) is 0. The number of hydrogen-bond donors (Lipinski definition) is 1. The number of benzene rings is 1. The van der Waals surface area contributed by atoms with Crippen LogP contribution in [0, 0.1) is 17.6 Å². The van der Waals surface area contributed by atoms with E-state index in [0.717, 1.165) is 37.8 Å². The maximum atomic E-state index is 13.4. The molecule has 1 saturated heterocycles. The molecule has 2 aliphatic rings. The first-order valence-electron chi connectivity index (χ1n) is 9.47. The zero-order valence-electron chi connectivity index (χ0n) is 15.5. The van der Waals surface area contributed by atoms with Crippen LogP contribution in [0.15, 0.2) is 28.8 Å². The van der Waals surface area contributed by atoms with E-state index in [1.165, 1.54) is 17.0 Å². The van der Waals surface area contributed by atoms with Gasteiger partial charge in [-0.05, 0) is 43.9 Å². The summed E-state index contributed by atoms with van der Waals surface area (Å²) in [6.45, 7) is 2.10. The highest BCUT2D eigenvalue weighted by Gasteiger charge is 2.39. The minimum Gasteiger partial charge on any atom is -0.355 e. The number of nitrogens with zero attached hydrogens (tertiary/aromatic N) is 2. The normalized spacial score (nSPS) is 23.1. The average molecular weight is 389 g/mol. The molecule has 2 amide bonds. The Bertz CT molecular complexity index is 908. The quantitative estimate of drug-likeness (QED) is 0.875. The Morgan fingerprint density at radius 3 is 2.68 bits per heavy atom. The van der Waals surface area contributed by atoms with E-state index in [2.05, 4.69) is 10.5 Å². The molecule has 4 rings (SSSR count). The van der Waals surface area contributed by atoms with Crippen molar-refractivity contribution >= 4 is 11.8 Å². The summed E-state index contributed by atoms with van der Waals surface area (Å²) in [6, 6.07) is 4.02. The lowest BCUT2D eigenvalue weighted by Gasteiger charge is -2.39. The Hall–Kier alpha value is -2.77. The number of halogens is 2. The van der Waals surface area contributed by atoms with Crippen LogP contribution in [0.1, 0.15) is 43.1 Å². The molecular weight excluding hydrogens is 368 g/mol. The first-order valence-corrected chi connectivity index (χ1v) is 9.47. The van der Waals surface area contributed by atoms with Crippen LogP contribution in [-0.2, 0) is 4.79 Å². The molecule has 0 spiro atoms. The molecule has 1 aromatic carbocycles. The Kier molecular flexibility index (Phi) is 4.87. The second kappa shape index (κ2) is 7.33. The second-order valence-corrected chi connectivity index (χ2v) is 7.50. The summed E-state index contributed by atoms with van der Waals surface area (Å²) >= 11 is 0. The molecule has 8 heteroatoms. The fourth-order valence-corrected chi connectivity index (χ4v) is 4.05. The largest absolute Gasteiger partial charge is 0.355 e. The topological polar surface area (TPSA) is 75.4 Å². The van der Waals surface area contributed by atoms with Gasteiger partial charge in [-0.2, -0.15) is 0 Å². The lowest BCUT2D eigenvalue weighted by Crippen LogP contribution is -2.62. The third kappa shape index (κ3) is 3.39. The smallest absolute Gasteiger partial charge is 0.276 e. The Labute approximate surface area is 160 Å². The molecule has 1 aromatic heterocycles. The van der Waals surface area contributed by atoms with E-state index in [-0.39, 0.29) is 29.0 Å². The zero-order chi connectivity index (χ0) is 19.8. The molecule has 28 heavy (non-hydrogen) atoms. The number of carbonyl (C=O) groups excluding carboxylic acids is 2. The van der Waals surface area contributed by atoms with Gasteiger partial charge in [0.15, 0.2) is 23.1 Å². The first-order chi connectivity index (χ1) is 13.4. The van der Waals surface area contributed by atoms with E-state index in [1.807, 2.05) is 0 Å². The summed E-state index contributed by atoms with van der Waals surface area (Å²) in [5.41, 5.74) is 0.310. The molecule has 2 heterocycles. The van der Waals surface area contributed by atoms with Crippen molar-refractivity contribution in [3.8, 4) is 11.3 Å². The summed E-state index contributed by atoms with van der Waals surface area (Å²) in [5.74, 6) is -2.04. The molecule has 2 unspecified atom stereocenters. The molecule has 2 aromatic rings. The van der Waals surface area contributed by atoms with Gasteiger partial charge in [0.05, 0.1) is 0 Å². The first kappa shape index (κ1) is 18.6. The van der Waals surface area contributed by atoms with Crippen LogP contribution in [0.4, 0.5) is 8.78 Å². The van der Waals surface area contributed by atoms with E-state index in [9.17, 15) is 18.4 Å². The minimum atomic E-state index is -1.01. The van der Waals surface area contributed by atoms with Gasteiger partial charge in [0.25, 0.3) is 5.91 Å². The Balaban J connectivity index is 1.55. The molecule has 1 aliphatic heterocycles. The highest BCUT2D eigenvalue weighted by Crippen LogP contribution is 2.30. The summed E-state index contributed by atoms with van der Waals surface area (Å²) < 4.78 is 31.7. The number of hydrogen-bond acceptors (Lipinski definition) is 4. The average Bonchev–Trinajstić information content (AvgIpc) is 3.37. The molecule has 148 valence electrons. The van der Waals surface area contributed by atoms with Gasteiger partial charge in [-0.1, -0.05) is 18.0 Å². The van der Waals surface area contributed by atoms with Gasteiger partial charge < -0.3 is 14.7 Å². The van der Waals surface area contributed by atoms with Crippen molar-refractivity contribution in [3.63, 3.8) is 0 Å². The fraction of sp³-hybridized carbons (Fsp3) is 0.450. The number of aromatic nitrogens is 1. The Morgan fingerprint density at radius 2 is 1.96 bits per heavy atom. The minimum absolute atomic E-state index is 0.0338. The van der Waals surface area contributed by atoms with Gasteiger partial charge in [-0.25, -0.2) is 8.78 Å². The predicted octanol–water partition coefficient (Wildman–Crippen LogP) is 3.14. The van der Waals surface area contributed by atoms with E-state index in [1.54, 1.807) is 6.92 Å². The van der Waals surface area contributed by atoms with Crippen LogP contribution < -0.4 is 5.32 Å².